The Bertz CT molecular complexity index is 911. The predicted octanol–water partition coefficient (Wildman–Crippen LogP) is 3.67. The molecule has 3 rings (SSSR count). The number of nitrogens with one attached hydrogen (secondary N) is 1. The van der Waals surface area contributed by atoms with Crippen LogP contribution in [0.25, 0.3) is 10.9 Å². The molecule has 0 aliphatic heterocycles. The van der Waals surface area contributed by atoms with Crippen LogP contribution in [0.3, 0.4) is 0 Å². The first-order valence-electron chi connectivity index (χ1n) is 7.11. The lowest BCUT2D eigenvalue weighted by molar-refractivity contribution is 0.0960. The first-order chi connectivity index (χ1) is 11.2. The van der Waals surface area contributed by atoms with Gasteiger partial charge < -0.3 is 5.32 Å². The summed E-state index contributed by atoms with van der Waals surface area (Å²) in [6, 6.07) is 18.6. The third-order valence-corrected chi connectivity index (χ3v) is 3.47. The molecule has 1 amide bonds. The van der Waals surface area contributed by atoms with E-state index < -0.39 is 0 Å². The SMILES string of the molecule is O=C(NCC#Cc1ccccc1)c1cc(Cl)nc2ccccc12. The van der Waals surface area contributed by atoms with Crippen molar-refractivity contribution in [3.05, 3.63) is 76.9 Å². The number of carbonyl (C=O) groups is 1. The summed E-state index contributed by atoms with van der Waals surface area (Å²) < 4.78 is 0. The van der Waals surface area contributed by atoms with E-state index >= 15 is 0 Å². The molecule has 23 heavy (non-hydrogen) atoms. The van der Waals surface area contributed by atoms with Crippen molar-refractivity contribution in [2.75, 3.05) is 6.54 Å². The summed E-state index contributed by atoms with van der Waals surface area (Å²) >= 11 is 5.99. The van der Waals surface area contributed by atoms with Crippen LogP contribution in [0.5, 0.6) is 0 Å². The maximum absolute atomic E-state index is 12.4. The van der Waals surface area contributed by atoms with Crippen LogP contribution in [0.4, 0.5) is 0 Å². The highest BCUT2D eigenvalue weighted by Crippen LogP contribution is 2.20. The molecule has 4 heteroatoms. The number of amides is 1. The third-order valence-electron chi connectivity index (χ3n) is 3.27. The average Bonchev–Trinajstić information content (AvgIpc) is 2.58. The molecule has 3 nitrogen and oxygen atoms in total. The van der Waals surface area contributed by atoms with Crippen molar-refractivity contribution in [3.8, 4) is 11.8 Å². The molecule has 0 fully saturated rings. The molecule has 1 N–H and O–H groups in total. The van der Waals surface area contributed by atoms with Crippen LogP contribution in [-0.4, -0.2) is 17.4 Å². The monoisotopic (exact) mass is 320 g/mol. The van der Waals surface area contributed by atoms with Crippen LogP contribution in [0, 0.1) is 11.8 Å². The molecule has 0 bridgehead atoms. The standard InChI is InChI=1S/C19H13ClN2O/c20-18-13-16(15-10-4-5-11-17(15)22-18)19(23)21-12-6-9-14-7-2-1-3-8-14/h1-5,7-8,10-11,13H,12H2,(H,21,23). The molecule has 0 unspecified atom stereocenters. The predicted molar refractivity (Wildman–Crippen MR) is 92.4 cm³/mol. The van der Waals surface area contributed by atoms with E-state index in [0.717, 1.165) is 10.9 Å². The highest BCUT2D eigenvalue weighted by Gasteiger charge is 2.11. The van der Waals surface area contributed by atoms with Gasteiger partial charge in [0.1, 0.15) is 5.15 Å². The van der Waals surface area contributed by atoms with Crippen LogP contribution in [0.1, 0.15) is 15.9 Å². The smallest absolute Gasteiger partial charge is 0.252 e. The maximum Gasteiger partial charge on any atom is 0.252 e. The summed E-state index contributed by atoms with van der Waals surface area (Å²) in [4.78, 5) is 16.6. The molecule has 0 aliphatic rings. The minimum absolute atomic E-state index is 0.215. The number of carbonyl (C=O) groups excluding carboxylic acids is 1. The molecular weight excluding hydrogens is 308 g/mol. The van der Waals surface area contributed by atoms with Crippen LogP contribution in [0.15, 0.2) is 60.7 Å². The number of nitrogens with zero attached hydrogens (tertiary/aromatic N) is 1. The summed E-state index contributed by atoms with van der Waals surface area (Å²) in [6.07, 6.45) is 0. The van der Waals surface area contributed by atoms with Crippen molar-refractivity contribution in [3.63, 3.8) is 0 Å². The summed E-state index contributed by atoms with van der Waals surface area (Å²) in [5.74, 6) is 5.72. The lowest BCUT2D eigenvalue weighted by Crippen LogP contribution is -2.24. The Morgan fingerprint density at radius 2 is 1.83 bits per heavy atom. The average molecular weight is 321 g/mol. The van der Waals surface area contributed by atoms with Gasteiger partial charge in [-0.2, -0.15) is 0 Å². The first kappa shape index (κ1) is 15.1. The number of hydrogen-bond donors (Lipinski definition) is 1. The zero-order chi connectivity index (χ0) is 16.1. The van der Waals surface area contributed by atoms with Crippen molar-refractivity contribution in [1.82, 2.24) is 10.3 Å². The van der Waals surface area contributed by atoms with Gasteiger partial charge in [-0.3, -0.25) is 4.79 Å². The molecule has 0 saturated heterocycles. The van der Waals surface area contributed by atoms with Gasteiger partial charge in [-0.1, -0.05) is 59.8 Å². The van der Waals surface area contributed by atoms with E-state index in [9.17, 15) is 4.79 Å². The van der Waals surface area contributed by atoms with Crippen molar-refractivity contribution < 1.29 is 4.79 Å². The quantitative estimate of drug-likeness (QED) is 0.578. The van der Waals surface area contributed by atoms with E-state index in [2.05, 4.69) is 22.1 Å². The van der Waals surface area contributed by atoms with E-state index in [0.29, 0.717) is 16.2 Å². The van der Waals surface area contributed by atoms with Crippen molar-refractivity contribution in [2.45, 2.75) is 0 Å². The Labute approximate surface area is 139 Å². The number of hydrogen-bond acceptors (Lipinski definition) is 2. The molecule has 3 aromatic rings. The molecule has 0 saturated carbocycles. The number of pyridine rings is 1. The second kappa shape index (κ2) is 6.95. The largest absolute Gasteiger partial charge is 0.341 e. The Kier molecular flexibility index (Phi) is 4.56. The Balaban J connectivity index is 1.76. The molecule has 1 aromatic heterocycles. The van der Waals surface area contributed by atoms with Crippen LogP contribution < -0.4 is 5.32 Å². The first-order valence-corrected chi connectivity index (χ1v) is 7.49. The van der Waals surface area contributed by atoms with Crippen molar-refractivity contribution in [1.29, 1.82) is 0 Å². The van der Waals surface area contributed by atoms with Gasteiger partial charge in [0.2, 0.25) is 0 Å². The molecule has 0 aliphatic carbocycles. The number of benzene rings is 2. The summed E-state index contributed by atoms with van der Waals surface area (Å²) in [5.41, 5.74) is 2.11. The fraction of sp³-hybridized carbons (Fsp3) is 0.0526. The van der Waals surface area contributed by atoms with Crippen LogP contribution in [0.2, 0.25) is 5.15 Å². The number of halogens is 1. The van der Waals surface area contributed by atoms with Crippen LogP contribution >= 0.6 is 11.6 Å². The summed E-state index contributed by atoms with van der Waals surface area (Å²) in [6.45, 7) is 0.266. The number of fused-ring (bicyclic) bond motifs is 1. The van der Waals surface area contributed by atoms with Gasteiger partial charge in [0.25, 0.3) is 5.91 Å². The zero-order valence-electron chi connectivity index (χ0n) is 12.2. The van der Waals surface area contributed by atoms with Gasteiger partial charge in [-0.15, -0.1) is 0 Å². The second-order valence-corrected chi connectivity index (χ2v) is 5.25. The minimum atomic E-state index is -0.215. The third kappa shape index (κ3) is 3.68. The van der Waals surface area contributed by atoms with Gasteiger partial charge in [-0.05, 0) is 24.3 Å². The van der Waals surface area contributed by atoms with Crippen LogP contribution in [-0.2, 0) is 0 Å². The van der Waals surface area contributed by atoms with E-state index in [1.807, 2.05) is 54.6 Å². The molecular formula is C19H13ClN2O. The highest BCUT2D eigenvalue weighted by molar-refractivity contribution is 6.30. The molecule has 0 spiro atoms. The summed E-state index contributed by atoms with van der Waals surface area (Å²) in [5, 5.41) is 3.85. The van der Waals surface area contributed by atoms with E-state index in [-0.39, 0.29) is 12.5 Å². The maximum atomic E-state index is 12.4. The normalized spacial score (nSPS) is 9.96. The van der Waals surface area contributed by atoms with Gasteiger partial charge in [0.05, 0.1) is 17.6 Å². The molecule has 112 valence electrons. The highest BCUT2D eigenvalue weighted by atomic mass is 35.5. The lowest BCUT2D eigenvalue weighted by Gasteiger charge is -2.06. The zero-order valence-corrected chi connectivity index (χ0v) is 13.0. The number of rotatable bonds is 2. The van der Waals surface area contributed by atoms with Gasteiger partial charge in [0, 0.05) is 10.9 Å². The van der Waals surface area contributed by atoms with Crippen molar-refractivity contribution >= 4 is 28.4 Å². The lowest BCUT2D eigenvalue weighted by atomic mass is 10.1. The van der Waals surface area contributed by atoms with E-state index in [1.165, 1.54) is 0 Å². The van der Waals surface area contributed by atoms with E-state index in [4.69, 9.17) is 11.6 Å². The Morgan fingerprint density at radius 1 is 1.09 bits per heavy atom. The summed E-state index contributed by atoms with van der Waals surface area (Å²) in [7, 11) is 0. The molecule has 0 atom stereocenters. The van der Waals surface area contributed by atoms with E-state index in [1.54, 1.807) is 6.07 Å². The fourth-order valence-corrected chi connectivity index (χ4v) is 2.42. The van der Waals surface area contributed by atoms with Gasteiger partial charge in [-0.25, -0.2) is 4.98 Å². The Hall–Kier alpha value is -2.83. The minimum Gasteiger partial charge on any atom is -0.341 e. The van der Waals surface area contributed by atoms with Gasteiger partial charge >= 0.3 is 0 Å². The molecule has 0 radical (unpaired) electrons. The van der Waals surface area contributed by atoms with Crippen molar-refractivity contribution in [2.24, 2.45) is 0 Å². The second-order valence-electron chi connectivity index (χ2n) is 4.86. The topological polar surface area (TPSA) is 42.0 Å². The number of aromatic nitrogens is 1. The fourth-order valence-electron chi connectivity index (χ4n) is 2.22. The Morgan fingerprint density at radius 3 is 2.65 bits per heavy atom. The molecule has 1 heterocycles. The number of para-hydroxylation sites is 1. The van der Waals surface area contributed by atoms with Gasteiger partial charge in [0.15, 0.2) is 0 Å². The molecule has 2 aromatic carbocycles.